The van der Waals surface area contributed by atoms with Crippen LogP contribution in [-0.2, 0) is 4.79 Å². The van der Waals surface area contributed by atoms with E-state index in [4.69, 9.17) is 5.84 Å². The number of imide groups is 1. The van der Waals surface area contributed by atoms with E-state index in [2.05, 4.69) is 5.10 Å². The van der Waals surface area contributed by atoms with Gasteiger partial charge in [0, 0.05) is 12.8 Å². The van der Waals surface area contributed by atoms with Crippen LogP contribution in [0.3, 0.4) is 0 Å². The summed E-state index contributed by atoms with van der Waals surface area (Å²) in [6.07, 6.45) is 0.776. The largest absolute Gasteiger partial charge is 0.359 e. The Bertz CT molecular complexity index is 470. The number of benzene rings is 1. The SMILES string of the molecule is NNC(=O)N1N=C(c2ccccc2)CCC1=O. The van der Waals surface area contributed by atoms with Crippen LogP contribution in [0.5, 0.6) is 0 Å². The molecule has 1 aliphatic rings. The molecule has 1 heterocycles. The lowest BCUT2D eigenvalue weighted by molar-refractivity contribution is -0.128. The summed E-state index contributed by atoms with van der Waals surface area (Å²) in [5, 5.41) is 4.78. The van der Waals surface area contributed by atoms with Crippen molar-refractivity contribution in [3.63, 3.8) is 0 Å². The van der Waals surface area contributed by atoms with Gasteiger partial charge in [-0.3, -0.25) is 10.2 Å². The molecule has 0 saturated carbocycles. The molecule has 17 heavy (non-hydrogen) atoms. The van der Waals surface area contributed by atoms with Crippen LogP contribution in [0.25, 0.3) is 0 Å². The second-order valence-electron chi connectivity index (χ2n) is 3.57. The standard InChI is InChI=1S/C11H12N4O2/c12-13-11(17)15-10(16)7-6-9(14-15)8-4-2-1-3-5-8/h1-5H,6-7,12H2,(H,13,17). The van der Waals surface area contributed by atoms with E-state index in [1.165, 1.54) is 0 Å². The zero-order chi connectivity index (χ0) is 12.3. The average Bonchev–Trinajstić information content (AvgIpc) is 2.39. The molecule has 3 N–H and O–H groups in total. The maximum Gasteiger partial charge on any atom is 0.359 e. The van der Waals surface area contributed by atoms with E-state index in [0.717, 1.165) is 10.6 Å². The topological polar surface area (TPSA) is 87.8 Å². The lowest BCUT2D eigenvalue weighted by Gasteiger charge is -2.21. The van der Waals surface area contributed by atoms with E-state index < -0.39 is 6.03 Å². The molecule has 0 unspecified atom stereocenters. The van der Waals surface area contributed by atoms with Gasteiger partial charge in [0.25, 0.3) is 5.91 Å². The van der Waals surface area contributed by atoms with E-state index in [1.807, 2.05) is 35.8 Å². The minimum absolute atomic E-state index is 0.251. The van der Waals surface area contributed by atoms with Crippen LogP contribution < -0.4 is 11.3 Å². The molecule has 0 bridgehead atoms. The van der Waals surface area contributed by atoms with Crippen molar-refractivity contribution in [3.05, 3.63) is 35.9 Å². The lowest BCUT2D eigenvalue weighted by atomic mass is 10.0. The highest BCUT2D eigenvalue weighted by Gasteiger charge is 2.26. The van der Waals surface area contributed by atoms with Gasteiger partial charge in [0.05, 0.1) is 5.71 Å². The summed E-state index contributed by atoms with van der Waals surface area (Å²) in [5.41, 5.74) is 3.50. The van der Waals surface area contributed by atoms with Gasteiger partial charge in [-0.15, -0.1) is 5.01 Å². The Kier molecular flexibility index (Phi) is 3.15. The van der Waals surface area contributed by atoms with Crippen molar-refractivity contribution in [3.8, 4) is 0 Å². The summed E-state index contributed by atoms with van der Waals surface area (Å²) in [6.45, 7) is 0. The van der Waals surface area contributed by atoms with E-state index in [0.29, 0.717) is 12.1 Å². The number of carbonyl (C=O) groups is 2. The smallest absolute Gasteiger partial charge is 0.274 e. The molecule has 0 atom stereocenters. The van der Waals surface area contributed by atoms with Gasteiger partial charge in [0.15, 0.2) is 0 Å². The number of carbonyl (C=O) groups excluding carboxylic acids is 2. The maximum atomic E-state index is 11.5. The van der Waals surface area contributed by atoms with Crippen LogP contribution in [0.2, 0.25) is 0 Å². The molecule has 0 spiro atoms. The van der Waals surface area contributed by atoms with Crippen LogP contribution in [0, 0.1) is 0 Å². The minimum atomic E-state index is -0.719. The van der Waals surface area contributed by atoms with Crippen LogP contribution in [0.1, 0.15) is 18.4 Å². The van der Waals surface area contributed by atoms with Crippen molar-refractivity contribution in [2.24, 2.45) is 10.9 Å². The quantitative estimate of drug-likeness (QED) is 0.422. The Hall–Kier alpha value is -2.21. The van der Waals surface area contributed by atoms with Crippen LogP contribution in [-0.4, -0.2) is 22.7 Å². The van der Waals surface area contributed by atoms with Gasteiger partial charge in [0.2, 0.25) is 0 Å². The third-order valence-electron chi connectivity index (χ3n) is 2.46. The van der Waals surface area contributed by atoms with Gasteiger partial charge >= 0.3 is 6.03 Å². The molecule has 6 nitrogen and oxygen atoms in total. The fraction of sp³-hybridized carbons (Fsp3) is 0.182. The van der Waals surface area contributed by atoms with Gasteiger partial charge in [0.1, 0.15) is 0 Å². The zero-order valence-electron chi connectivity index (χ0n) is 9.09. The van der Waals surface area contributed by atoms with Crippen LogP contribution in [0.4, 0.5) is 4.79 Å². The predicted molar refractivity (Wildman–Crippen MR) is 61.8 cm³/mol. The normalized spacial score (nSPS) is 15.5. The van der Waals surface area contributed by atoms with E-state index in [-0.39, 0.29) is 12.3 Å². The van der Waals surface area contributed by atoms with E-state index in [1.54, 1.807) is 0 Å². The van der Waals surface area contributed by atoms with Crippen LogP contribution >= 0.6 is 0 Å². The molecule has 0 fully saturated rings. The Labute approximate surface area is 98.1 Å². The highest BCUT2D eigenvalue weighted by Crippen LogP contribution is 2.14. The molecule has 0 saturated heterocycles. The van der Waals surface area contributed by atoms with Crippen molar-refractivity contribution in [2.45, 2.75) is 12.8 Å². The van der Waals surface area contributed by atoms with Gasteiger partial charge in [-0.05, 0) is 5.56 Å². The molecule has 1 aliphatic heterocycles. The molecule has 6 heteroatoms. The number of urea groups is 1. The molecule has 1 aromatic carbocycles. The number of hydrazone groups is 1. The number of hydrogen-bond donors (Lipinski definition) is 2. The maximum absolute atomic E-state index is 11.5. The first-order chi connectivity index (χ1) is 8.22. The van der Waals surface area contributed by atoms with Crippen molar-refractivity contribution in [2.75, 3.05) is 0 Å². The Morgan fingerprint density at radius 1 is 1.29 bits per heavy atom. The van der Waals surface area contributed by atoms with Crippen molar-refractivity contribution in [1.82, 2.24) is 10.4 Å². The van der Waals surface area contributed by atoms with E-state index in [9.17, 15) is 9.59 Å². The minimum Gasteiger partial charge on any atom is -0.274 e. The summed E-state index contributed by atoms with van der Waals surface area (Å²) in [4.78, 5) is 22.8. The van der Waals surface area contributed by atoms with Crippen molar-refractivity contribution < 1.29 is 9.59 Å². The fourth-order valence-electron chi connectivity index (χ4n) is 1.61. The number of nitrogens with one attached hydrogen (secondary N) is 1. The summed E-state index contributed by atoms with van der Waals surface area (Å²) < 4.78 is 0. The number of rotatable bonds is 1. The highest BCUT2D eigenvalue weighted by molar-refractivity contribution is 6.07. The molecule has 0 aliphatic carbocycles. The fourth-order valence-corrected chi connectivity index (χ4v) is 1.61. The number of nitrogens with two attached hydrogens (primary N) is 1. The molecule has 2 rings (SSSR count). The van der Waals surface area contributed by atoms with Gasteiger partial charge in [-0.25, -0.2) is 10.6 Å². The highest BCUT2D eigenvalue weighted by atomic mass is 16.2. The monoisotopic (exact) mass is 232 g/mol. The van der Waals surface area contributed by atoms with Crippen molar-refractivity contribution in [1.29, 1.82) is 0 Å². The van der Waals surface area contributed by atoms with Gasteiger partial charge in [-0.2, -0.15) is 5.10 Å². The first-order valence-corrected chi connectivity index (χ1v) is 5.19. The van der Waals surface area contributed by atoms with Crippen molar-refractivity contribution >= 4 is 17.6 Å². The molecule has 3 amide bonds. The summed E-state index contributed by atoms with van der Waals surface area (Å²) in [6, 6.07) is 8.69. The number of hydrogen-bond acceptors (Lipinski definition) is 4. The number of nitrogens with zero attached hydrogens (tertiary/aromatic N) is 2. The molecular weight excluding hydrogens is 220 g/mol. The van der Waals surface area contributed by atoms with Crippen LogP contribution in [0.15, 0.2) is 35.4 Å². The van der Waals surface area contributed by atoms with Gasteiger partial charge < -0.3 is 0 Å². The molecular formula is C11H12N4O2. The second-order valence-corrected chi connectivity index (χ2v) is 3.57. The summed E-state index contributed by atoms with van der Waals surface area (Å²) in [7, 11) is 0. The number of amides is 3. The molecule has 0 radical (unpaired) electrons. The van der Waals surface area contributed by atoms with Gasteiger partial charge in [-0.1, -0.05) is 30.3 Å². The Balaban J connectivity index is 2.30. The zero-order valence-corrected chi connectivity index (χ0v) is 9.09. The lowest BCUT2D eigenvalue weighted by Crippen LogP contribution is -2.45. The average molecular weight is 232 g/mol. The van der Waals surface area contributed by atoms with E-state index >= 15 is 0 Å². The summed E-state index contributed by atoms with van der Waals surface area (Å²) >= 11 is 0. The third kappa shape index (κ3) is 2.31. The molecule has 88 valence electrons. The number of hydrazine groups is 1. The second kappa shape index (κ2) is 4.75. The molecule has 0 aromatic heterocycles. The first-order valence-electron chi connectivity index (χ1n) is 5.19. The first kappa shape index (κ1) is 11.3. The Morgan fingerprint density at radius 2 is 2.00 bits per heavy atom. The predicted octanol–water partition coefficient (Wildman–Crippen LogP) is 0.596. The third-order valence-corrected chi connectivity index (χ3v) is 2.46. The molecule has 1 aromatic rings. The summed E-state index contributed by atoms with van der Waals surface area (Å²) in [5.74, 6) is 4.63. The Morgan fingerprint density at radius 3 is 2.65 bits per heavy atom.